The molecule has 4 aromatic rings. The van der Waals surface area contributed by atoms with Crippen molar-refractivity contribution in [3.63, 3.8) is 0 Å². The van der Waals surface area contributed by atoms with Crippen molar-refractivity contribution in [2.24, 2.45) is 0 Å². The summed E-state index contributed by atoms with van der Waals surface area (Å²) in [6, 6.07) is 22.1. The summed E-state index contributed by atoms with van der Waals surface area (Å²) in [6.07, 6.45) is 3.79. The average molecular weight is 381 g/mol. The molecular formula is C25H20FN3. The van der Waals surface area contributed by atoms with Crippen molar-refractivity contribution in [1.29, 1.82) is 0 Å². The number of likely N-dealkylation sites (N-methyl/N-ethyl adjacent to an activating group) is 1. The molecule has 0 N–H and O–H groups in total. The molecule has 1 aliphatic rings. The molecule has 0 saturated heterocycles. The highest BCUT2D eigenvalue weighted by atomic mass is 19.1. The van der Waals surface area contributed by atoms with E-state index in [9.17, 15) is 0 Å². The third kappa shape index (κ3) is 3.22. The van der Waals surface area contributed by atoms with Crippen LogP contribution in [0.2, 0.25) is 0 Å². The SMILES string of the molecule is CN1CC=C(c2ccc3ccccc3c2)c2ccc(-c3cccnn3)c(F)c2C1. The molecule has 0 amide bonds. The molecule has 4 heteroatoms. The fourth-order valence-corrected chi connectivity index (χ4v) is 3.99. The van der Waals surface area contributed by atoms with Gasteiger partial charge in [-0.2, -0.15) is 10.2 Å². The van der Waals surface area contributed by atoms with Crippen LogP contribution in [0.4, 0.5) is 4.39 Å². The van der Waals surface area contributed by atoms with Crippen LogP contribution in [-0.4, -0.2) is 28.7 Å². The minimum absolute atomic E-state index is 0.219. The molecule has 0 saturated carbocycles. The van der Waals surface area contributed by atoms with Gasteiger partial charge >= 0.3 is 0 Å². The van der Waals surface area contributed by atoms with Crippen LogP contribution in [0, 0.1) is 5.82 Å². The van der Waals surface area contributed by atoms with Crippen molar-refractivity contribution in [3.05, 3.63) is 102 Å². The minimum Gasteiger partial charge on any atom is -0.298 e. The number of halogens is 1. The van der Waals surface area contributed by atoms with E-state index in [1.54, 1.807) is 18.3 Å². The van der Waals surface area contributed by atoms with Crippen molar-refractivity contribution < 1.29 is 4.39 Å². The Bertz CT molecular complexity index is 1230. The number of aromatic nitrogens is 2. The molecule has 1 aromatic heterocycles. The van der Waals surface area contributed by atoms with Gasteiger partial charge in [-0.1, -0.05) is 48.5 Å². The Morgan fingerprint density at radius 1 is 0.897 bits per heavy atom. The molecule has 29 heavy (non-hydrogen) atoms. The Kier molecular flexibility index (Phi) is 4.41. The number of hydrogen-bond donors (Lipinski definition) is 0. The van der Waals surface area contributed by atoms with Gasteiger partial charge in [0, 0.05) is 30.4 Å². The van der Waals surface area contributed by atoms with Crippen LogP contribution in [0.25, 0.3) is 27.6 Å². The van der Waals surface area contributed by atoms with Crippen LogP contribution >= 0.6 is 0 Å². The Hall–Kier alpha value is -3.37. The first-order chi connectivity index (χ1) is 14.2. The minimum atomic E-state index is -0.219. The van der Waals surface area contributed by atoms with Crippen molar-refractivity contribution in [2.75, 3.05) is 13.6 Å². The van der Waals surface area contributed by atoms with E-state index in [4.69, 9.17) is 0 Å². The fourth-order valence-electron chi connectivity index (χ4n) is 3.99. The first kappa shape index (κ1) is 17.7. The zero-order chi connectivity index (χ0) is 19.8. The van der Waals surface area contributed by atoms with Gasteiger partial charge in [-0.25, -0.2) is 4.39 Å². The second-order valence-corrected chi connectivity index (χ2v) is 7.44. The van der Waals surface area contributed by atoms with Crippen LogP contribution in [0.3, 0.4) is 0 Å². The number of hydrogen-bond acceptors (Lipinski definition) is 3. The van der Waals surface area contributed by atoms with Gasteiger partial charge in [0.05, 0.1) is 5.69 Å². The van der Waals surface area contributed by atoms with Gasteiger partial charge in [-0.3, -0.25) is 4.90 Å². The molecule has 0 fully saturated rings. The molecular weight excluding hydrogens is 361 g/mol. The molecule has 3 aromatic carbocycles. The maximum Gasteiger partial charge on any atom is 0.137 e. The average Bonchev–Trinajstić information content (AvgIpc) is 2.93. The summed E-state index contributed by atoms with van der Waals surface area (Å²) < 4.78 is 15.6. The van der Waals surface area contributed by atoms with E-state index in [1.807, 2.05) is 31.3 Å². The van der Waals surface area contributed by atoms with Gasteiger partial charge < -0.3 is 0 Å². The first-order valence-electron chi connectivity index (χ1n) is 9.68. The second-order valence-electron chi connectivity index (χ2n) is 7.44. The molecule has 3 nitrogen and oxygen atoms in total. The van der Waals surface area contributed by atoms with E-state index in [-0.39, 0.29) is 5.82 Å². The zero-order valence-corrected chi connectivity index (χ0v) is 16.1. The van der Waals surface area contributed by atoms with E-state index in [1.165, 1.54) is 10.8 Å². The number of nitrogens with zero attached hydrogens (tertiary/aromatic N) is 3. The highest BCUT2D eigenvalue weighted by Crippen LogP contribution is 2.35. The van der Waals surface area contributed by atoms with Gasteiger partial charge in [-0.15, -0.1) is 0 Å². The van der Waals surface area contributed by atoms with E-state index in [2.05, 4.69) is 51.5 Å². The van der Waals surface area contributed by atoms with Gasteiger partial charge in [-0.05, 0) is 58.8 Å². The van der Waals surface area contributed by atoms with Gasteiger partial charge in [0.2, 0.25) is 0 Å². The van der Waals surface area contributed by atoms with Crippen LogP contribution in [-0.2, 0) is 6.54 Å². The van der Waals surface area contributed by atoms with Crippen molar-refractivity contribution in [1.82, 2.24) is 15.1 Å². The van der Waals surface area contributed by atoms with E-state index < -0.39 is 0 Å². The largest absolute Gasteiger partial charge is 0.298 e. The maximum atomic E-state index is 15.6. The molecule has 0 atom stereocenters. The summed E-state index contributed by atoms with van der Waals surface area (Å²) in [5, 5.41) is 10.4. The lowest BCUT2D eigenvalue weighted by Gasteiger charge is -2.17. The first-order valence-corrected chi connectivity index (χ1v) is 9.68. The Labute approximate surface area is 169 Å². The highest BCUT2D eigenvalue weighted by molar-refractivity contribution is 5.90. The molecule has 0 spiro atoms. The predicted molar refractivity (Wildman–Crippen MR) is 115 cm³/mol. The molecule has 0 unspecified atom stereocenters. The standard InChI is InChI=1S/C25H20FN3/c1-29-14-12-20(19-9-8-17-5-2-3-6-18(17)15-19)21-10-11-22(25(26)23(21)16-29)24-7-4-13-27-28-24/h2-13,15H,14,16H2,1H3. The topological polar surface area (TPSA) is 29.0 Å². The van der Waals surface area contributed by atoms with Crippen LogP contribution in [0.1, 0.15) is 16.7 Å². The van der Waals surface area contributed by atoms with Gasteiger partial charge in [0.25, 0.3) is 0 Å². The fraction of sp³-hybridized carbons (Fsp3) is 0.120. The lowest BCUT2D eigenvalue weighted by atomic mass is 9.91. The number of fused-ring (bicyclic) bond motifs is 2. The number of benzene rings is 3. The monoisotopic (exact) mass is 381 g/mol. The maximum absolute atomic E-state index is 15.6. The Morgan fingerprint density at radius 3 is 2.55 bits per heavy atom. The van der Waals surface area contributed by atoms with Gasteiger partial charge in [0.15, 0.2) is 0 Å². The van der Waals surface area contributed by atoms with E-state index >= 15 is 4.39 Å². The van der Waals surface area contributed by atoms with Crippen molar-refractivity contribution in [3.8, 4) is 11.3 Å². The van der Waals surface area contributed by atoms with E-state index in [0.717, 1.165) is 23.2 Å². The summed E-state index contributed by atoms with van der Waals surface area (Å²) in [7, 11) is 2.01. The van der Waals surface area contributed by atoms with Crippen molar-refractivity contribution >= 4 is 16.3 Å². The van der Waals surface area contributed by atoms with Crippen LogP contribution in [0.15, 0.2) is 79.0 Å². The molecule has 0 bridgehead atoms. The molecule has 2 heterocycles. The molecule has 0 radical (unpaired) electrons. The van der Waals surface area contributed by atoms with E-state index in [0.29, 0.717) is 23.4 Å². The third-order valence-corrected chi connectivity index (χ3v) is 5.48. The van der Waals surface area contributed by atoms with Crippen molar-refractivity contribution in [2.45, 2.75) is 6.54 Å². The normalized spacial score (nSPS) is 14.3. The molecule has 1 aliphatic heterocycles. The summed E-state index contributed by atoms with van der Waals surface area (Å²) >= 11 is 0. The molecule has 142 valence electrons. The zero-order valence-electron chi connectivity index (χ0n) is 16.1. The highest BCUT2D eigenvalue weighted by Gasteiger charge is 2.22. The summed E-state index contributed by atoms with van der Waals surface area (Å²) in [5.41, 5.74) is 4.86. The lowest BCUT2D eigenvalue weighted by Crippen LogP contribution is -2.17. The van der Waals surface area contributed by atoms with Crippen LogP contribution < -0.4 is 0 Å². The summed E-state index contributed by atoms with van der Waals surface area (Å²) in [4.78, 5) is 2.12. The summed E-state index contributed by atoms with van der Waals surface area (Å²) in [6.45, 7) is 1.31. The van der Waals surface area contributed by atoms with Crippen LogP contribution in [0.5, 0.6) is 0 Å². The van der Waals surface area contributed by atoms with Gasteiger partial charge in [0.1, 0.15) is 5.82 Å². The third-order valence-electron chi connectivity index (χ3n) is 5.48. The smallest absolute Gasteiger partial charge is 0.137 e. The number of rotatable bonds is 2. The molecule has 5 rings (SSSR count). The molecule has 0 aliphatic carbocycles. The quantitative estimate of drug-likeness (QED) is 0.471. The Morgan fingerprint density at radius 2 is 1.72 bits per heavy atom. The Balaban J connectivity index is 1.68. The second kappa shape index (κ2) is 7.22. The lowest BCUT2D eigenvalue weighted by molar-refractivity contribution is 0.358. The predicted octanol–water partition coefficient (Wildman–Crippen LogP) is 5.31. The summed E-state index contributed by atoms with van der Waals surface area (Å²) in [5.74, 6) is -0.219.